The molecule has 0 spiro atoms. The van der Waals surface area contributed by atoms with Crippen molar-refractivity contribution in [1.29, 1.82) is 0 Å². The summed E-state index contributed by atoms with van der Waals surface area (Å²) in [7, 11) is -3.82. The number of halogens is 3. The minimum absolute atomic E-state index is 0.000128. The van der Waals surface area contributed by atoms with Gasteiger partial charge in [0.1, 0.15) is 4.21 Å². The zero-order chi connectivity index (χ0) is 26.8. The van der Waals surface area contributed by atoms with Crippen molar-refractivity contribution in [2.24, 2.45) is 5.92 Å². The first-order valence-corrected chi connectivity index (χ1v) is 14.1. The predicted octanol–water partition coefficient (Wildman–Crippen LogP) is 6.66. The zero-order valence-corrected chi connectivity index (χ0v) is 22.3. The van der Waals surface area contributed by atoms with Crippen LogP contribution in [0.4, 0.5) is 13.2 Å². The molecule has 10 heteroatoms. The third kappa shape index (κ3) is 6.31. The Morgan fingerprint density at radius 3 is 2.32 bits per heavy atom. The Morgan fingerprint density at radius 1 is 1.03 bits per heavy atom. The van der Waals surface area contributed by atoms with Crippen LogP contribution >= 0.6 is 11.3 Å². The van der Waals surface area contributed by atoms with Gasteiger partial charge in [0.2, 0.25) is 5.82 Å². The molecular formula is C27H28F3N3O2S2. The van der Waals surface area contributed by atoms with Crippen molar-refractivity contribution in [2.45, 2.75) is 50.7 Å². The van der Waals surface area contributed by atoms with Gasteiger partial charge in [0.25, 0.3) is 10.0 Å². The summed E-state index contributed by atoms with van der Waals surface area (Å²) in [5.74, 6) is -0.611. The number of rotatable bonds is 9. The van der Waals surface area contributed by atoms with Gasteiger partial charge in [-0.05, 0) is 41.5 Å². The maximum absolute atomic E-state index is 13.4. The summed E-state index contributed by atoms with van der Waals surface area (Å²) in [6.45, 7) is 6.26. The second-order valence-corrected chi connectivity index (χ2v) is 12.4. The van der Waals surface area contributed by atoms with E-state index in [1.807, 2.05) is 37.3 Å². The van der Waals surface area contributed by atoms with Crippen molar-refractivity contribution in [3.05, 3.63) is 94.4 Å². The van der Waals surface area contributed by atoms with E-state index in [1.165, 1.54) is 17.5 Å². The Morgan fingerprint density at radius 2 is 1.70 bits per heavy atom. The molecule has 4 aromatic rings. The van der Waals surface area contributed by atoms with Crippen LogP contribution in [0.15, 0.2) is 71.2 Å². The number of thiophene rings is 1. The summed E-state index contributed by atoms with van der Waals surface area (Å²) in [6.07, 6.45) is -1.38. The van der Waals surface area contributed by atoms with E-state index in [0.717, 1.165) is 33.2 Å². The molecule has 0 bridgehead atoms. The fourth-order valence-electron chi connectivity index (χ4n) is 4.13. The number of nitrogens with one attached hydrogen (secondary N) is 1. The van der Waals surface area contributed by atoms with Crippen LogP contribution in [0.2, 0.25) is 0 Å². The van der Waals surface area contributed by atoms with Gasteiger partial charge >= 0.3 is 6.18 Å². The van der Waals surface area contributed by atoms with E-state index in [2.05, 4.69) is 23.6 Å². The summed E-state index contributed by atoms with van der Waals surface area (Å²) in [5, 5.41) is 0. The van der Waals surface area contributed by atoms with Gasteiger partial charge < -0.3 is 4.57 Å². The van der Waals surface area contributed by atoms with Crippen LogP contribution in [0.25, 0.3) is 11.1 Å². The largest absolute Gasteiger partial charge is 0.449 e. The Balaban J connectivity index is 1.67. The monoisotopic (exact) mass is 547 g/mol. The highest BCUT2D eigenvalue weighted by atomic mass is 32.2. The summed E-state index contributed by atoms with van der Waals surface area (Å²) >= 11 is 1.28. The number of aromatic nitrogens is 2. The van der Waals surface area contributed by atoms with E-state index in [4.69, 9.17) is 0 Å². The number of alkyl halides is 3. The van der Waals surface area contributed by atoms with Crippen molar-refractivity contribution < 1.29 is 21.6 Å². The van der Waals surface area contributed by atoms with Gasteiger partial charge in [-0.1, -0.05) is 68.4 Å². The minimum Gasteiger partial charge on any atom is -0.323 e. The number of hydrogen-bond donors (Lipinski definition) is 1. The van der Waals surface area contributed by atoms with Gasteiger partial charge in [-0.15, -0.1) is 11.3 Å². The molecule has 0 saturated heterocycles. The fourth-order valence-corrected chi connectivity index (χ4v) is 7.34. The van der Waals surface area contributed by atoms with Crippen LogP contribution in [-0.2, 0) is 35.7 Å². The van der Waals surface area contributed by atoms with E-state index in [1.54, 1.807) is 24.3 Å². The molecule has 37 heavy (non-hydrogen) atoms. The van der Waals surface area contributed by atoms with E-state index in [-0.39, 0.29) is 17.3 Å². The topological polar surface area (TPSA) is 64.0 Å². The Kier molecular flexibility index (Phi) is 7.91. The molecule has 2 aromatic carbocycles. The highest BCUT2D eigenvalue weighted by Gasteiger charge is 2.36. The molecule has 0 amide bonds. The normalized spacial score (nSPS) is 12.4. The second kappa shape index (κ2) is 10.8. The first-order valence-electron chi connectivity index (χ1n) is 11.8. The minimum atomic E-state index is -4.54. The van der Waals surface area contributed by atoms with Crippen LogP contribution in [0.5, 0.6) is 0 Å². The van der Waals surface area contributed by atoms with Crippen LogP contribution in [0.1, 0.15) is 41.2 Å². The molecule has 0 aliphatic carbocycles. The first kappa shape index (κ1) is 27.1. The molecule has 5 nitrogen and oxygen atoms in total. The van der Waals surface area contributed by atoms with E-state index in [0.29, 0.717) is 22.6 Å². The van der Waals surface area contributed by atoms with E-state index >= 15 is 0 Å². The molecule has 0 aliphatic heterocycles. The predicted molar refractivity (Wildman–Crippen MR) is 140 cm³/mol. The lowest BCUT2D eigenvalue weighted by Crippen LogP contribution is -2.23. The van der Waals surface area contributed by atoms with Crippen LogP contribution < -0.4 is 4.72 Å². The summed E-state index contributed by atoms with van der Waals surface area (Å²) in [6, 6.07) is 16.3. The third-order valence-electron chi connectivity index (χ3n) is 5.92. The average Bonchev–Trinajstić information content (AvgIpc) is 3.44. The molecular weight excluding hydrogens is 519 g/mol. The van der Waals surface area contributed by atoms with Crippen molar-refractivity contribution in [3.8, 4) is 11.1 Å². The lowest BCUT2D eigenvalue weighted by molar-refractivity contribution is -0.147. The summed E-state index contributed by atoms with van der Waals surface area (Å²) < 4.78 is 70.5. The fraction of sp³-hybridized carbons (Fsp3) is 0.296. The SMILES string of the molecule is Cc1c(CC(C)C)sc(S(=O)(=O)NCc2ccccc2)c1-c1ccc(Cn2ccnc2C(F)(F)F)cc1. The molecule has 0 unspecified atom stereocenters. The highest BCUT2D eigenvalue weighted by molar-refractivity contribution is 7.91. The van der Waals surface area contributed by atoms with E-state index < -0.39 is 22.0 Å². The van der Waals surface area contributed by atoms with Crippen LogP contribution in [0.3, 0.4) is 0 Å². The third-order valence-corrected chi connectivity index (χ3v) is 9.16. The number of sulfonamides is 1. The van der Waals surface area contributed by atoms with Crippen molar-refractivity contribution in [2.75, 3.05) is 0 Å². The standard InChI is InChI=1S/C27H28F3N3O2S2/c1-18(2)15-23-19(3)24(25(36-23)37(34,35)32-16-20-7-5-4-6-8-20)22-11-9-21(10-12-22)17-33-14-13-31-26(33)27(28,29)30/h4-14,18,32H,15-17H2,1-3H3. The quantitative estimate of drug-likeness (QED) is 0.255. The first-order chi connectivity index (χ1) is 17.5. The lowest BCUT2D eigenvalue weighted by Gasteiger charge is -2.12. The van der Waals surface area contributed by atoms with Gasteiger partial charge in [0.15, 0.2) is 0 Å². The van der Waals surface area contributed by atoms with Gasteiger partial charge in [-0.25, -0.2) is 18.1 Å². The van der Waals surface area contributed by atoms with Gasteiger partial charge in [0, 0.05) is 35.9 Å². The number of benzene rings is 2. The highest BCUT2D eigenvalue weighted by Crippen LogP contribution is 2.40. The second-order valence-electron chi connectivity index (χ2n) is 9.29. The smallest absolute Gasteiger partial charge is 0.323 e. The van der Waals surface area contributed by atoms with Gasteiger partial charge in [-0.2, -0.15) is 13.2 Å². The molecule has 1 N–H and O–H groups in total. The number of hydrogen-bond acceptors (Lipinski definition) is 4. The summed E-state index contributed by atoms with van der Waals surface area (Å²) in [4.78, 5) is 4.43. The van der Waals surface area contributed by atoms with Gasteiger partial charge in [0.05, 0.1) is 0 Å². The molecule has 0 aliphatic rings. The lowest BCUT2D eigenvalue weighted by atomic mass is 9.99. The average molecular weight is 548 g/mol. The van der Waals surface area contributed by atoms with Crippen molar-refractivity contribution >= 4 is 21.4 Å². The Labute approximate surface area is 219 Å². The Hall–Kier alpha value is -2.95. The Bertz CT molecular complexity index is 1460. The molecule has 0 atom stereocenters. The molecule has 0 saturated carbocycles. The van der Waals surface area contributed by atoms with E-state index in [9.17, 15) is 21.6 Å². The van der Waals surface area contributed by atoms with Crippen molar-refractivity contribution in [3.63, 3.8) is 0 Å². The molecule has 0 radical (unpaired) electrons. The van der Waals surface area contributed by atoms with Crippen LogP contribution in [-0.4, -0.2) is 18.0 Å². The molecule has 196 valence electrons. The number of imidazole rings is 1. The summed E-state index contributed by atoms with van der Waals surface area (Å²) in [5.41, 5.74) is 3.74. The maximum atomic E-state index is 13.4. The van der Waals surface area contributed by atoms with Crippen molar-refractivity contribution in [1.82, 2.24) is 14.3 Å². The molecule has 2 aromatic heterocycles. The zero-order valence-electron chi connectivity index (χ0n) is 20.7. The number of nitrogens with zero attached hydrogens (tertiary/aromatic N) is 2. The molecule has 4 rings (SSSR count). The van der Waals surface area contributed by atoms with Gasteiger partial charge in [-0.3, -0.25) is 0 Å². The molecule has 0 fully saturated rings. The van der Waals surface area contributed by atoms with Crippen LogP contribution in [0, 0.1) is 12.8 Å². The molecule has 2 heterocycles. The maximum Gasteiger partial charge on any atom is 0.449 e.